The van der Waals surface area contributed by atoms with Crippen LogP contribution in [0.1, 0.15) is 57.4 Å². The number of aliphatic hydroxyl groups is 1. The number of nitrogens with zero attached hydrogens (tertiary/aromatic N) is 1. The fourth-order valence-electron chi connectivity index (χ4n) is 4.43. The smallest absolute Gasteiger partial charge is 0.290 e. The molecule has 0 unspecified atom stereocenters. The Bertz CT molecular complexity index is 826. The van der Waals surface area contributed by atoms with Crippen LogP contribution in [-0.4, -0.2) is 46.4 Å². The Morgan fingerprint density at radius 1 is 1.17 bits per heavy atom. The van der Waals surface area contributed by atoms with E-state index in [0.29, 0.717) is 12.3 Å². The lowest BCUT2D eigenvalue weighted by atomic mass is 9.82. The lowest BCUT2D eigenvalue weighted by molar-refractivity contribution is -0.136. The van der Waals surface area contributed by atoms with Gasteiger partial charge >= 0.3 is 0 Å². The number of carbonyl (C=O) groups excluding carboxylic acids is 3. The maximum absolute atomic E-state index is 12.8. The first-order valence-corrected chi connectivity index (χ1v) is 10.7. The summed E-state index contributed by atoms with van der Waals surface area (Å²) in [6, 6.07) is 9.52. The molecular formula is C23H31N3O4. The van der Waals surface area contributed by atoms with Gasteiger partial charge in [-0.25, -0.2) is 0 Å². The number of amides is 3. The van der Waals surface area contributed by atoms with Gasteiger partial charge < -0.3 is 21.1 Å². The van der Waals surface area contributed by atoms with Crippen molar-refractivity contribution in [1.29, 1.82) is 0 Å². The highest BCUT2D eigenvalue weighted by atomic mass is 16.3. The average molecular weight is 414 g/mol. The molecule has 1 aromatic carbocycles. The van der Waals surface area contributed by atoms with Gasteiger partial charge in [-0.3, -0.25) is 14.4 Å². The van der Waals surface area contributed by atoms with Gasteiger partial charge in [0.05, 0.1) is 12.1 Å². The van der Waals surface area contributed by atoms with Crippen LogP contribution >= 0.6 is 0 Å². The molecule has 0 radical (unpaired) electrons. The number of hydrogen-bond acceptors (Lipinski definition) is 4. The summed E-state index contributed by atoms with van der Waals surface area (Å²) >= 11 is 0. The Morgan fingerprint density at radius 2 is 1.80 bits per heavy atom. The van der Waals surface area contributed by atoms with Crippen LogP contribution in [0.5, 0.6) is 0 Å². The fraction of sp³-hybridized carbons (Fsp3) is 0.522. The molecule has 1 aliphatic carbocycles. The number of benzene rings is 1. The van der Waals surface area contributed by atoms with E-state index in [4.69, 9.17) is 5.73 Å². The summed E-state index contributed by atoms with van der Waals surface area (Å²) in [7, 11) is 0. The maximum atomic E-state index is 12.8. The number of aliphatic hydroxyl groups excluding tert-OH is 1. The van der Waals surface area contributed by atoms with Crippen molar-refractivity contribution >= 4 is 17.7 Å². The van der Waals surface area contributed by atoms with Crippen LogP contribution in [0.15, 0.2) is 41.7 Å². The highest BCUT2D eigenvalue weighted by Crippen LogP contribution is 2.33. The first-order chi connectivity index (χ1) is 14.3. The van der Waals surface area contributed by atoms with Gasteiger partial charge in [0.25, 0.3) is 11.8 Å². The minimum absolute atomic E-state index is 0.00418. The molecule has 7 heteroatoms. The van der Waals surface area contributed by atoms with Crippen LogP contribution in [0, 0.1) is 5.92 Å². The lowest BCUT2D eigenvalue weighted by Gasteiger charge is -2.30. The topological polar surface area (TPSA) is 113 Å². The van der Waals surface area contributed by atoms with Crippen molar-refractivity contribution in [1.82, 2.24) is 10.2 Å². The van der Waals surface area contributed by atoms with E-state index < -0.39 is 29.5 Å². The summed E-state index contributed by atoms with van der Waals surface area (Å²) in [5.74, 6) is -1.75. The van der Waals surface area contributed by atoms with Gasteiger partial charge in [-0.05, 0) is 49.5 Å². The van der Waals surface area contributed by atoms with Gasteiger partial charge in [0.2, 0.25) is 5.91 Å². The van der Waals surface area contributed by atoms with Gasteiger partial charge in [-0.1, -0.05) is 44.2 Å². The van der Waals surface area contributed by atoms with Gasteiger partial charge in [0, 0.05) is 6.04 Å². The van der Waals surface area contributed by atoms with Crippen molar-refractivity contribution < 1.29 is 19.5 Å². The Balaban J connectivity index is 1.59. The molecular weight excluding hydrogens is 382 g/mol. The van der Waals surface area contributed by atoms with Crippen molar-refractivity contribution in [2.24, 2.45) is 11.7 Å². The summed E-state index contributed by atoms with van der Waals surface area (Å²) in [6.45, 7) is 3.74. The second-order valence-corrected chi connectivity index (χ2v) is 8.74. The van der Waals surface area contributed by atoms with E-state index >= 15 is 0 Å². The standard InChI is InChI=1S/C23H31N3O4/c1-14(2)12-19(21(24)28)26-13-18(20(27)23(26)30)22(29)25-17-10-8-16(9-11-17)15-6-4-3-5-7-15/h3-7,14,16-17,19,27H,8-13H2,1-2H3,(H2,24,28)(H,25,29)/t16?,17?,19-/m1/s1. The molecule has 30 heavy (non-hydrogen) atoms. The summed E-state index contributed by atoms with van der Waals surface area (Å²) < 4.78 is 0. The molecule has 1 atom stereocenters. The Labute approximate surface area is 177 Å². The van der Waals surface area contributed by atoms with Crippen LogP contribution in [0.2, 0.25) is 0 Å². The third kappa shape index (κ3) is 4.83. The number of nitrogens with one attached hydrogen (secondary N) is 1. The van der Waals surface area contributed by atoms with Gasteiger partial charge in [0.15, 0.2) is 5.76 Å². The molecule has 7 nitrogen and oxygen atoms in total. The third-order valence-corrected chi connectivity index (χ3v) is 6.08. The van der Waals surface area contributed by atoms with Gasteiger partial charge in [-0.2, -0.15) is 0 Å². The molecule has 2 aliphatic rings. The molecule has 162 valence electrons. The third-order valence-electron chi connectivity index (χ3n) is 6.08. The minimum Gasteiger partial charge on any atom is -0.503 e. The second kappa shape index (κ2) is 9.32. The van der Waals surface area contributed by atoms with Crippen molar-refractivity contribution in [3.05, 3.63) is 47.2 Å². The normalized spacial score (nSPS) is 23.0. The van der Waals surface area contributed by atoms with Crippen LogP contribution in [0.25, 0.3) is 0 Å². The molecule has 3 amide bonds. The largest absolute Gasteiger partial charge is 0.503 e. The summed E-state index contributed by atoms with van der Waals surface area (Å²) in [5.41, 5.74) is 6.81. The predicted octanol–water partition coefficient (Wildman–Crippen LogP) is 2.38. The van der Waals surface area contributed by atoms with E-state index in [0.717, 1.165) is 25.7 Å². The van der Waals surface area contributed by atoms with Gasteiger partial charge in [-0.15, -0.1) is 0 Å². The molecule has 0 aromatic heterocycles. The zero-order valence-corrected chi connectivity index (χ0v) is 17.6. The van der Waals surface area contributed by atoms with Gasteiger partial charge in [0.1, 0.15) is 6.04 Å². The number of nitrogens with two attached hydrogens (primary N) is 1. The highest BCUT2D eigenvalue weighted by Gasteiger charge is 2.40. The maximum Gasteiger partial charge on any atom is 0.290 e. The second-order valence-electron chi connectivity index (χ2n) is 8.74. The minimum atomic E-state index is -0.841. The number of hydrogen-bond donors (Lipinski definition) is 3. The Morgan fingerprint density at radius 3 is 2.37 bits per heavy atom. The summed E-state index contributed by atoms with van der Waals surface area (Å²) in [6.07, 6.45) is 4.02. The Kier molecular flexibility index (Phi) is 6.80. The van der Waals surface area contributed by atoms with Crippen LogP contribution in [0.4, 0.5) is 0 Å². The van der Waals surface area contributed by atoms with Crippen LogP contribution in [0.3, 0.4) is 0 Å². The first kappa shape index (κ1) is 21.9. The molecule has 1 fully saturated rings. The van der Waals surface area contributed by atoms with Crippen molar-refractivity contribution in [3.63, 3.8) is 0 Å². The van der Waals surface area contributed by atoms with Crippen LogP contribution < -0.4 is 11.1 Å². The number of rotatable bonds is 7. The molecule has 1 saturated carbocycles. The quantitative estimate of drug-likeness (QED) is 0.637. The van der Waals surface area contributed by atoms with E-state index in [1.54, 1.807) is 0 Å². The molecule has 1 heterocycles. The number of primary amides is 1. The van der Waals surface area contributed by atoms with E-state index in [9.17, 15) is 19.5 Å². The summed E-state index contributed by atoms with van der Waals surface area (Å²) in [4.78, 5) is 38.3. The molecule has 4 N–H and O–H groups in total. The highest BCUT2D eigenvalue weighted by molar-refractivity contribution is 6.08. The molecule has 0 bridgehead atoms. The van der Waals surface area contributed by atoms with E-state index in [2.05, 4.69) is 17.4 Å². The van der Waals surface area contributed by atoms with Crippen molar-refractivity contribution in [2.75, 3.05) is 6.54 Å². The zero-order valence-electron chi connectivity index (χ0n) is 17.6. The first-order valence-electron chi connectivity index (χ1n) is 10.7. The fourth-order valence-corrected chi connectivity index (χ4v) is 4.43. The molecule has 3 rings (SSSR count). The number of carbonyl (C=O) groups is 3. The summed E-state index contributed by atoms with van der Waals surface area (Å²) in [5, 5.41) is 13.2. The van der Waals surface area contributed by atoms with Crippen LogP contribution in [-0.2, 0) is 14.4 Å². The Hall–Kier alpha value is -2.83. The van der Waals surface area contributed by atoms with E-state index in [1.165, 1.54) is 10.5 Å². The van der Waals surface area contributed by atoms with Crippen molar-refractivity contribution in [2.45, 2.75) is 64.0 Å². The molecule has 0 spiro atoms. The van der Waals surface area contributed by atoms with E-state index in [1.807, 2.05) is 32.0 Å². The molecule has 0 saturated heterocycles. The zero-order chi connectivity index (χ0) is 21.8. The monoisotopic (exact) mass is 413 g/mol. The predicted molar refractivity (Wildman–Crippen MR) is 113 cm³/mol. The lowest BCUT2D eigenvalue weighted by Crippen LogP contribution is -2.47. The molecule has 1 aliphatic heterocycles. The van der Waals surface area contributed by atoms with E-state index in [-0.39, 0.29) is 24.1 Å². The van der Waals surface area contributed by atoms with Crippen molar-refractivity contribution in [3.8, 4) is 0 Å². The molecule has 1 aromatic rings. The average Bonchev–Trinajstić information content (AvgIpc) is 3.02. The SMILES string of the molecule is CC(C)C[C@H](C(N)=O)N1CC(C(=O)NC2CCC(c3ccccc3)CC2)=C(O)C1=O.